The van der Waals surface area contributed by atoms with E-state index in [2.05, 4.69) is 24.3 Å². The molecule has 0 saturated carbocycles. The predicted molar refractivity (Wildman–Crippen MR) is 57.5 cm³/mol. The molecule has 0 fully saturated rings. The average Bonchev–Trinajstić information content (AvgIpc) is 2.44. The van der Waals surface area contributed by atoms with E-state index < -0.39 is 0 Å². The zero-order valence-corrected chi connectivity index (χ0v) is 9.43. The van der Waals surface area contributed by atoms with Crippen LogP contribution in [0.3, 0.4) is 0 Å². The number of rotatable bonds is 2. The molecule has 0 aromatic carbocycles. The van der Waals surface area contributed by atoms with Crippen molar-refractivity contribution in [1.29, 1.82) is 0 Å². The van der Waals surface area contributed by atoms with Gasteiger partial charge in [-0.2, -0.15) is 5.10 Å². The van der Waals surface area contributed by atoms with Gasteiger partial charge in [-0.05, 0) is 12.3 Å². The summed E-state index contributed by atoms with van der Waals surface area (Å²) in [5, 5.41) is 8.70. The molecule has 0 atom stereocenters. The Morgan fingerprint density at radius 3 is 3.00 bits per heavy atom. The number of halogens is 1. The Kier molecular flexibility index (Phi) is 2.79. The summed E-state index contributed by atoms with van der Waals surface area (Å²) in [6.45, 7) is 7.16. The first-order chi connectivity index (χ1) is 6.68. The fourth-order valence-corrected chi connectivity index (χ4v) is 2.07. The van der Waals surface area contributed by atoms with Gasteiger partial charge in [0.25, 0.3) is 0 Å². The highest BCUT2D eigenvalue weighted by molar-refractivity contribution is 6.31. The summed E-state index contributed by atoms with van der Waals surface area (Å²) in [6, 6.07) is 0. The summed E-state index contributed by atoms with van der Waals surface area (Å²) in [6.07, 6.45) is 0.971. The van der Waals surface area contributed by atoms with Crippen LogP contribution >= 0.6 is 11.6 Å². The van der Waals surface area contributed by atoms with E-state index in [1.807, 2.05) is 4.68 Å². The van der Waals surface area contributed by atoms with E-state index in [1.54, 1.807) is 0 Å². The van der Waals surface area contributed by atoms with Gasteiger partial charge >= 0.3 is 0 Å². The van der Waals surface area contributed by atoms with Gasteiger partial charge in [0.2, 0.25) is 0 Å². The van der Waals surface area contributed by atoms with Gasteiger partial charge in [0.05, 0.1) is 23.0 Å². The minimum Gasteiger partial charge on any atom is -0.309 e. The predicted octanol–water partition coefficient (Wildman–Crippen LogP) is 1.84. The lowest BCUT2D eigenvalue weighted by atomic mass is 10.1. The van der Waals surface area contributed by atoms with Crippen molar-refractivity contribution in [3.63, 3.8) is 0 Å². The minimum atomic E-state index is 0.609. The molecule has 1 aliphatic heterocycles. The molecule has 0 amide bonds. The van der Waals surface area contributed by atoms with Crippen LogP contribution in [0.4, 0.5) is 0 Å². The summed E-state index contributed by atoms with van der Waals surface area (Å²) in [4.78, 5) is 0. The molecule has 4 heteroatoms. The zero-order chi connectivity index (χ0) is 10.1. The Morgan fingerprint density at radius 2 is 2.36 bits per heavy atom. The number of nitrogens with one attached hydrogen (secondary N) is 1. The maximum absolute atomic E-state index is 6.26. The zero-order valence-electron chi connectivity index (χ0n) is 8.68. The molecule has 1 N–H and O–H groups in total. The van der Waals surface area contributed by atoms with E-state index >= 15 is 0 Å². The second-order valence-corrected chi connectivity index (χ2v) is 4.58. The summed E-state index contributed by atoms with van der Waals surface area (Å²) < 4.78 is 2.04. The van der Waals surface area contributed by atoms with Gasteiger partial charge < -0.3 is 5.32 Å². The van der Waals surface area contributed by atoms with Crippen LogP contribution in [0, 0.1) is 5.92 Å². The van der Waals surface area contributed by atoms with E-state index in [4.69, 9.17) is 11.6 Å². The van der Waals surface area contributed by atoms with E-state index in [-0.39, 0.29) is 0 Å². The maximum Gasteiger partial charge on any atom is 0.0863 e. The van der Waals surface area contributed by atoms with Gasteiger partial charge in [-0.1, -0.05) is 25.4 Å². The van der Waals surface area contributed by atoms with Crippen molar-refractivity contribution in [3.8, 4) is 0 Å². The minimum absolute atomic E-state index is 0.609. The summed E-state index contributed by atoms with van der Waals surface area (Å²) in [7, 11) is 0. The molecule has 2 rings (SSSR count). The number of hydrogen-bond donors (Lipinski definition) is 1. The molecule has 3 nitrogen and oxygen atoms in total. The second kappa shape index (κ2) is 3.91. The van der Waals surface area contributed by atoms with Crippen LogP contribution in [0.15, 0.2) is 0 Å². The fourth-order valence-electron chi connectivity index (χ4n) is 1.79. The van der Waals surface area contributed by atoms with E-state index in [9.17, 15) is 0 Å². The van der Waals surface area contributed by atoms with Gasteiger partial charge in [-0.25, -0.2) is 0 Å². The quantitative estimate of drug-likeness (QED) is 0.813. The van der Waals surface area contributed by atoms with Crippen molar-refractivity contribution in [2.75, 3.05) is 6.54 Å². The summed E-state index contributed by atoms with van der Waals surface area (Å²) in [5.74, 6) is 0.609. The van der Waals surface area contributed by atoms with Crippen molar-refractivity contribution in [2.45, 2.75) is 33.4 Å². The molecule has 0 spiro atoms. The molecular formula is C10H16ClN3. The number of hydrogen-bond acceptors (Lipinski definition) is 2. The van der Waals surface area contributed by atoms with Gasteiger partial charge in [0, 0.05) is 13.1 Å². The molecule has 78 valence electrons. The first-order valence-electron chi connectivity index (χ1n) is 5.13. The van der Waals surface area contributed by atoms with Crippen molar-refractivity contribution in [1.82, 2.24) is 15.1 Å². The normalized spacial score (nSPS) is 16.0. The molecule has 0 saturated heterocycles. The smallest absolute Gasteiger partial charge is 0.0863 e. The number of fused-ring (bicyclic) bond motifs is 1. The van der Waals surface area contributed by atoms with E-state index in [1.165, 1.54) is 0 Å². The van der Waals surface area contributed by atoms with E-state index in [0.717, 1.165) is 42.5 Å². The highest BCUT2D eigenvalue weighted by Crippen LogP contribution is 2.24. The first-order valence-corrected chi connectivity index (χ1v) is 5.51. The maximum atomic E-state index is 6.26. The average molecular weight is 214 g/mol. The highest BCUT2D eigenvalue weighted by Gasteiger charge is 2.18. The Balaban J connectivity index is 2.29. The molecule has 0 radical (unpaired) electrons. The van der Waals surface area contributed by atoms with Crippen LogP contribution in [0.5, 0.6) is 0 Å². The molecule has 0 aliphatic carbocycles. The standard InChI is InChI=1S/C10H16ClN3/c1-7(2)5-8-10(11)9-6-12-3-4-14(9)13-8/h7,12H,3-6H2,1-2H3. The van der Waals surface area contributed by atoms with Gasteiger partial charge in [0.1, 0.15) is 0 Å². The molecular weight excluding hydrogens is 198 g/mol. The lowest BCUT2D eigenvalue weighted by molar-refractivity contribution is 0.471. The Morgan fingerprint density at radius 1 is 1.57 bits per heavy atom. The molecule has 1 aliphatic rings. The summed E-state index contributed by atoms with van der Waals surface area (Å²) >= 11 is 6.26. The van der Waals surface area contributed by atoms with Gasteiger partial charge in [0.15, 0.2) is 0 Å². The number of aromatic nitrogens is 2. The lowest BCUT2D eigenvalue weighted by Crippen LogP contribution is -2.28. The van der Waals surface area contributed by atoms with Gasteiger partial charge in [-0.15, -0.1) is 0 Å². The second-order valence-electron chi connectivity index (χ2n) is 4.21. The fraction of sp³-hybridized carbons (Fsp3) is 0.700. The summed E-state index contributed by atoms with van der Waals surface area (Å²) in [5.41, 5.74) is 2.20. The molecule has 1 aromatic heterocycles. The largest absolute Gasteiger partial charge is 0.309 e. The van der Waals surface area contributed by atoms with Crippen LogP contribution in [0.25, 0.3) is 0 Å². The third-order valence-electron chi connectivity index (χ3n) is 2.45. The molecule has 0 bridgehead atoms. The Hall–Kier alpha value is -0.540. The number of nitrogens with zero attached hydrogens (tertiary/aromatic N) is 2. The van der Waals surface area contributed by atoms with Crippen LogP contribution in [0.1, 0.15) is 25.2 Å². The van der Waals surface area contributed by atoms with Crippen molar-refractivity contribution in [3.05, 3.63) is 16.4 Å². The third-order valence-corrected chi connectivity index (χ3v) is 2.89. The molecule has 14 heavy (non-hydrogen) atoms. The van der Waals surface area contributed by atoms with Crippen molar-refractivity contribution < 1.29 is 0 Å². The van der Waals surface area contributed by atoms with Crippen LogP contribution in [-0.4, -0.2) is 16.3 Å². The lowest BCUT2D eigenvalue weighted by Gasteiger charge is -2.14. The topological polar surface area (TPSA) is 29.9 Å². The molecule has 1 aromatic rings. The van der Waals surface area contributed by atoms with Crippen molar-refractivity contribution in [2.24, 2.45) is 5.92 Å². The van der Waals surface area contributed by atoms with Crippen LogP contribution < -0.4 is 5.32 Å². The Labute approximate surface area is 89.4 Å². The first kappa shape index (κ1) is 9.99. The van der Waals surface area contributed by atoms with Crippen LogP contribution in [0.2, 0.25) is 5.02 Å². The highest BCUT2D eigenvalue weighted by atomic mass is 35.5. The molecule has 2 heterocycles. The SMILES string of the molecule is CC(C)Cc1nn2c(c1Cl)CNCC2. The monoisotopic (exact) mass is 213 g/mol. The molecule has 0 unspecified atom stereocenters. The van der Waals surface area contributed by atoms with E-state index in [0.29, 0.717) is 5.92 Å². The third kappa shape index (κ3) is 1.79. The van der Waals surface area contributed by atoms with Crippen molar-refractivity contribution >= 4 is 11.6 Å². The van der Waals surface area contributed by atoms with Gasteiger partial charge in [-0.3, -0.25) is 4.68 Å². The Bertz CT molecular complexity index is 330. The van der Waals surface area contributed by atoms with Crippen LogP contribution in [-0.2, 0) is 19.5 Å².